The van der Waals surface area contributed by atoms with Crippen LogP contribution in [0.2, 0.25) is 0 Å². The van der Waals surface area contributed by atoms with Gasteiger partial charge in [-0.05, 0) is 61.2 Å². The summed E-state index contributed by atoms with van der Waals surface area (Å²) in [7, 11) is 0. The molecule has 1 aromatic heterocycles. The van der Waals surface area contributed by atoms with Crippen molar-refractivity contribution in [2.45, 2.75) is 46.6 Å². The van der Waals surface area contributed by atoms with E-state index in [1.165, 1.54) is 0 Å². The average Bonchev–Trinajstić information content (AvgIpc) is 3.11. The van der Waals surface area contributed by atoms with E-state index in [1.807, 2.05) is 45.0 Å². The molecule has 1 heterocycles. The molecule has 0 amide bonds. The molecule has 30 heavy (non-hydrogen) atoms. The summed E-state index contributed by atoms with van der Waals surface area (Å²) in [5.41, 5.74) is 5.21. The Balaban J connectivity index is 0.00000225. The Bertz CT molecular complexity index is 1080. The maximum absolute atomic E-state index is 10.8. The predicted octanol–water partition coefficient (Wildman–Crippen LogP) is 1.91. The van der Waals surface area contributed by atoms with Crippen LogP contribution in [0.25, 0.3) is 11.0 Å². The van der Waals surface area contributed by atoms with Crippen molar-refractivity contribution in [2.75, 3.05) is 0 Å². The van der Waals surface area contributed by atoms with Gasteiger partial charge in [0.05, 0.1) is 11.6 Å². The van der Waals surface area contributed by atoms with Crippen LogP contribution >= 0.6 is 0 Å². The maximum atomic E-state index is 10.8. The number of carbonyl (C=O) groups is 1. The van der Waals surface area contributed by atoms with E-state index in [9.17, 15) is 10.1 Å². The molecule has 0 aliphatic rings. The van der Waals surface area contributed by atoms with E-state index in [1.54, 1.807) is 6.07 Å². The molecule has 6 nitrogen and oxygen atoms in total. The van der Waals surface area contributed by atoms with Gasteiger partial charge in [-0.15, -0.1) is 0 Å². The van der Waals surface area contributed by atoms with Gasteiger partial charge in [0.15, 0.2) is 0 Å². The van der Waals surface area contributed by atoms with Crippen LogP contribution in [0, 0.1) is 25.2 Å². The molecule has 0 saturated heterocycles. The minimum absolute atomic E-state index is 0. The topological polar surface area (TPSA) is 113 Å². The SMILES string of the molecule is CCc1cc2cc(C#N)cc(COc3ccc(CCC(=O)O)c(C)c3C)c2o1.[Na+].[OH-]. The van der Waals surface area contributed by atoms with Crippen molar-refractivity contribution in [1.82, 2.24) is 0 Å². The number of furan rings is 1. The number of nitriles is 1. The summed E-state index contributed by atoms with van der Waals surface area (Å²) in [4.78, 5) is 10.8. The predicted molar refractivity (Wildman–Crippen MR) is 108 cm³/mol. The molecule has 3 rings (SSSR count). The van der Waals surface area contributed by atoms with Gasteiger partial charge in [-0.3, -0.25) is 4.79 Å². The molecule has 152 valence electrons. The molecule has 0 aliphatic heterocycles. The molecule has 0 bridgehead atoms. The van der Waals surface area contributed by atoms with Gasteiger partial charge in [-0.1, -0.05) is 13.0 Å². The number of aryl methyl sites for hydroxylation is 2. The van der Waals surface area contributed by atoms with Crippen molar-refractivity contribution >= 4 is 16.9 Å². The van der Waals surface area contributed by atoms with Crippen LogP contribution in [0.3, 0.4) is 0 Å². The van der Waals surface area contributed by atoms with E-state index in [4.69, 9.17) is 14.3 Å². The van der Waals surface area contributed by atoms with Gasteiger partial charge in [-0.25, -0.2) is 0 Å². The Morgan fingerprint density at radius 3 is 2.53 bits per heavy atom. The van der Waals surface area contributed by atoms with Crippen LogP contribution < -0.4 is 34.3 Å². The fourth-order valence-electron chi connectivity index (χ4n) is 3.30. The third-order valence-corrected chi connectivity index (χ3v) is 5.06. The zero-order valence-corrected chi connectivity index (χ0v) is 19.8. The smallest absolute Gasteiger partial charge is 0.870 e. The first-order valence-electron chi connectivity index (χ1n) is 9.32. The number of ether oxygens (including phenoxy) is 1. The molecular weight excluding hydrogens is 393 g/mol. The molecule has 2 aromatic carbocycles. The van der Waals surface area contributed by atoms with Crippen LogP contribution in [0.1, 0.15) is 46.9 Å². The molecule has 0 aliphatic carbocycles. The van der Waals surface area contributed by atoms with Gasteiger partial charge in [-0.2, -0.15) is 5.26 Å². The van der Waals surface area contributed by atoms with Gasteiger partial charge < -0.3 is 19.7 Å². The zero-order chi connectivity index (χ0) is 20.3. The number of carboxylic acids is 1. The van der Waals surface area contributed by atoms with Crippen molar-refractivity contribution in [3.8, 4) is 11.8 Å². The van der Waals surface area contributed by atoms with E-state index in [-0.39, 0.29) is 48.1 Å². The summed E-state index contributed by atoms with van der Waals surface area (Å²) < 4.78 is 12.0. The van der Waals surface area contributed by atoms with Crippen molar-refractivity contribution in [2.24, 2.45) is 0 Å². The molecule has 0 saturated carbocycles. The third kappa shape index (κ3) is 5.65. The van der Waals surface area contributed by atoms with Crippen molar-refractivity contribution in [3.63, 3.8) is 0 Å². The number of nitrogens with zero attached hydrogens (tertiary/aromatic N) is 1. The third-order valence-electron chi connectivity index (χ3n) is 5.06. The molecule has 0 radical (unpaired) electrons. The van der Waals surface area contributed by atoms with E-state index in [0.717, 1.165) is 51.2 Å². The number of hydrogen-bond acceptors (Lipinski definition) is 5. The monoisotopic (exact) mass is 417 g/mol. The number of benzene rings is 2. The quantitative estimate of drug-likeness (QED) is 0.588. The van der Waals surface area contributed by atoms with Crippen molar-refractivity contribution < 1.29 is 54.1 Å². The minimum atomic E-state index is -0.802. The average molecular weight is 417 g/mol. The molecule has 3 aromatic rings. The van der Waals surface area contributed by atoms with Crippen molar-refractivity contribution in [1.29, 1.82) is 5.26 Å². The molecule has 0 unspecified atom stereocenters. The molecule has 0 atom stereocenters. The van der Waals surface area contributed by atoms with Crippen molar-refractivity contribution in [3.05, 3.63) is 63.9 Å². The largest absolute Gasteiger partial charge is 1.00 e. The fraction of sp³-hybridized carbons (Fsp3) is 0.304. The molecule has 0 spiro atoms. The Hall–Kier alpha value is -2.30. The number of rotatable bonds is 7. The summed E-state index contributed by atoms with van der Waals surface area (Å²) in [6, 6.07) is 11.6. The number of carboxylic acid groups (broad SMARTS) is 1. The normalized spacial score (nSPS) is 10.1. The van der Waals surface area contributed by atoms with Gasteiger partial charge >= 0.3 is 35.5 Å². The minimum Gasteiger partial charge on any atom is -0.870 e. The van der Waals surface area contributed by atoms with E-state index >= 15 is 0 Å². The molecular formula is C23H24NNaO5. The van der Waals surface area contributed by atoms with Gasteiger partial charge in [0.2, 0.25) is 0 Å². The Labute approximate surface area is 198 Å². The summed E-state index contributed by atoms with van der Waals surface area (Å²) in [5.74, 6) is 0.819. The molecule has 0 fully saturated rings. The first-order valence-corrected chi connectivity index (χ1v) is 9.32. The first kappa shape index (κ1) is 25.7. The van der Waals surface area contributed by atoms with Crippen LogP contribution in [-0.4, -0.2) is 16.6 Å². The second-order valence-corrected chi connectivity index (χ2v) is 6.89. The Kier molecular flexibility index (Phi) is 9.60. The second kappa shape index (κ2) is 11.2. The number of fused-ring (bicyclic) bond motifs is 1. The summed E-state index contributed by atoms with van der Waals surface area (Å²) in [6.45, 7) is 6.26. The zero-order valence-electron chi connectivity index (χ0n) is 17.8. The van der Waals surface area contributed by atoms with Crippen LogP contribution in [0.4, 0.5) is 0 Å². The summed E-state index contributed by atoms with van der Waals surface area (Å²) in [5, 5.41) is 19.1. The fourth-order valence-corrected chi connectivity index (χ4v) is 3.30. The first-order chi connectivity index (χ1) is 13.4. The van der Waals surface area contributed by atoms with Gasteiger partial charge in [0.25, 0.3) is 0 Å². The molecule has 2 N–H and O–H groups in total. The summed E-state index contributed by atoms with van der Waals surface area (Å²) >= 11 is 0. The van der Waals surface area contributed by atoms with E-state index < -0.39 is 5.97 Å². The van der Waals surface area contributed by atoms with E-state index in [2.05, 4.69) is 6.07 Å². The van der Waals surface area contributed by atoms with Crippen LogP contribution in [0.15, 0.2) is 34.7 Å². The van der Waals surface area contributed by atoms with Gasteiger partial charge in [0, 0.05) is 23.8 Å². The van der Waals surface area contributed by atoms with E-state index in [0.29, 0.717) is 12.0 Å². The van der Waals surface area contributed by atoms with Crippen LogP contribution in [0.5, 0.6) is 5.75 Å². The van der Waals surface area contributed by atoms with Gasteiger partial charge in [0.1, 0.15) is 23.7 Å². The second-order valence-electron chi connectivity index (χ2n) is 6.89. The number of hydrogen-bond donors (Lipinski definition) is 1. The molecule has 7 heteroatoms. The number of aliphatic carboxylic acids is 1. The summed E-state index contributed by atoms with van der Waals surface area (Å²) in [6.07, 6.45) is 1.39. The standard InChI is InChI=1S/C23H23NO4.Na.H2O/c1-4-20-11-18-9-16(12-24)10-19(23(18)28-20)13-27-21-7-5-17(6-8-22(25)26)14(2)15(21)3;;/h5,7,9-11H,4,6,8,13H2,1-3H3,(H,25,26);;1H2/q;+1;/p-1. The Morgan fingerprint density at radius 1 is 1.17 bits per heavy atom. The van der Waals surface area contributed by atoms with Crippen LogP contribution in [-0.2, 0) is 24.2 Å². The maximum Gasteiger partial charge on any atom is 1.00 e. The Morgan fingerprint density at radius 2 is 1.90 bits per heavy atom.